The average Bonchev–Trinajstić information content (AvgIpc) is 3.22. The predicted octanol–water partition coefficient (Wildman–Crippen LogP) is 5.73. The van der Waals surface area contributed by atoms with Gasteiger partial charge in [-0.1, -0.05) is 19.9 Å². The number of pyridine rings is 1. The Kier molecular flexibility index (Phi) is 7.45. The van der Waals surface area contributed by atoms with Gasteiger partial charge in [0.1, 0.15) is 11.5 Å². The molecule has 196 valence electrons. The Bertz CT molecular complexity index is 1310. The van der Waals surface area contributed by atoms with Crippen molar-refractivity contribution in [1.29, 1.82) is 0 Å². The highest BCUT2D eigenvalue weighted by Crippen LogP contribution is 2.42. The Morgan fingerprint density at radius 3 is 2.29 bits per heavy atom. The number of Topliss-reactive ketones (excluding diaryl/α,β-unsaturated/α-hetero) is 1. The maximum Gasteiger partial charge on any atom is 0.300 e. The van der Waals surface area contributed by atoms with E-state index >= 15 is 0 Å². The van der Waals surface area contributed by atoms with Gasteiger partial charge in [0.25, 0.3) is 11.7 Å². The van der Waals surface area contributed by atoms with E-state index in [0.717, 1.165) is 18.8 Å². The summed E-state index contributed by atoms with van der Waals surface area (Å²) in [4.78, 5) is 34.8. The topological polar surface area (TPSA) is 83.0 Å². The number of amides is 1. The molecule has 2 aromatic carbocycles. The van der Waals surface area contributed by atoms with Crippen LogP contribution in [-0.2, 0) is 9.59 Å². The van der Waals surface area contributed by atoms with E-state index in [-0.39, 0.29) is 11.3 Å². The molecule has 5 rings (SSSR count). The number of piperidine rings is 1. The number of carbonyl (C=O) groups excluding carboxylic acids is 2. The van der Waals surface area contributed by atoms with E-state index in [9.17, 15) is 14.7 Å². The molecular formula is C31H33N3O4. The molecule has 1 amide bonds. The number of rotatable bonds is 7. The Morgan fingerprint density at radius 1 is 0.974 bits per heavy atom. The third-order valence-electron chi connectivity index (χ3n) is 7.00. The zero-order valence-electron chi connectivity index (χ0n) is 21.8. The second-order valence-corrected chi connectivity index (χ2v) is 10.2. The van der Waals surface area contributed by atoms with Gasteiger partial charge in [-0.15, -0.1) is 0 Å². The maximum absolute atomic E-state index is 13.4. The monoisotopic (exact) mass is 511 g/mol. The molecule has 7 heteroatoms. The van der Waals surface area contributed by atoms with Crippen molar-refractivity contribution in [3.8, 4) is 5.75 Å². The molecule has 0 radical (unpaired) electrons. The first kappa shape index (κ1) is 25.5. The van der Waals surface area contributed by atoms with Crippen molar-refractivity contribution >= 4 is 28.8 Å². The molecule has 3 aromatic rings. The van der Waals surface area contributed by atoms with E-state index < -0.39 is 17.7 Å². The lowest BCUT2D eigenvalue weighted by Gasteiger charge is -2.30. The van der Waals surface area contributed by atoms with Crippen LogP contribution < -0.4 is 14.5 Å². The number of anilines is 2. The van der Waals surface area contributed by atoms with Crippen molar-refractivity contribution < 1.29 is 19.4 Å². The van der Waals surface area contributed by atoms with Gasteiger partial charge >= 0.3 is 0 Å². The summed E-state index contributed by atoms with van der Waals surface area (Å²) in [6.07, 6.45) is 6.85. The fourth-order valence-corrected chi connectivity index (χ4v) is 5.06. The molecular weight excluding hydrogens is 478 g/mol. The summed E-state index contributed by atoms with van der Waals surface area (Å²) in [5.74, 6) is -0.569. The van der Waals surface area contributed by atoms with Crippen molar-refractivity contribution in [1.82, 2.24) is 4.98 Å². The second-order valence-electron chi connectivity index (χ2n) is 10.2. The molecule has 0 bridgehead atoms. The van der Waals surface area contributed by atoms with Gasteiger partial charge in [0.05, 0.1) is 18.2 Å². The van der Waals surface area contributed by atoms with Crippen LogP contribution in [0.2, 0.25) is 0 Å². The number of carbonyl (C=O) groups is 2. The minimum Gasteiger partial charge on any atom is -0.507 e. The van der Waals surface area contributed by atoms with Gasteiger partial charge in [0.2, 0.25) is 0 Å². The molecule has 1 atom stereocenters. The molecule has 2 fully saturated rings. The van der Waals surface area contributed by atoms with Crippen LogP contribution in [0.3, 0.4) is 0 Å². The Balaban J connectivity index is 1.52. The molecule has 2 aliphatic rings. The summed E-state index contributed by atoms with van der Waals surface area (Å²) >= 11 is 0. The van der Waals surface area contributed by atoms with Gasteiger partial charge in [0.15, 0.2) is 0 Å². The van der Waals surface area contributed by atoms with Gasteiger partial charge in [-0.05, 0) is 85.3 Å². The molecule has 3 heterocycles. The Labute approximate surface area is 223 Å². The summed E-state index contributed by atoms with van der Waals surface area (Å²) in [7, 11) is 0. The van der Waals surface area contributed by atoms with Crippen LogP contribution in [0, 0.1) is 5.92 Å². The lowest BCUT2D eigenvalue weighted by molar-refractivity contribution is -0.132. The first-order valence-electron chi connectivity index (χ1n) is 13.2. The van der Waals surface area contributed by atoms with Crippen LogP contribution in [0.5, 0.6) is 5.75 Å². The van der Waals surface area contributed by atoms with Crippen molar-refractivity contribution in [2.24, 2.45) is 5.92 Å². The minimum atomic E-state index is -0.804. The lowest BCUT2D eigenvalue weighted by Crippen LogP contribution is -2.30. The van der Waals surface area contributed by atoms with Gasteiger partial charge in [0, 0.05) is 42.4 Å². The van der Waals surface area contributed by atoms with E-state index in [0.29, 0.717) is 35.1 Å². The van der Waals surface area contributed by atoms with Crippen molar-refractivity contribution in [3.63, 3.8) is 0 Å². The van der Waals surface area contributed by atoms with E-state index in [1.54, 1.807) is 42.7 Å². The number of nitrogens with zero attached hydrogens (tertiary/aromatic N) is 3. The van der Waals surface area contributed by atoms with Crippen LogP contribution in [0.1, 0.15) is 50.3 Å². The second kappa shape index (κ2) is 11.1. The third kappa shape index (κ3) is 5.14. The number of ketones is 1. The smallest absolute Gasteiger partial charge is 0.300 e. The largest absolute Gasteiger partial charge is 0.507 e. The summed E-state index contributed by atoms with van der Waals surface area (Å²) in [5.41, 5.74) is 2.82. The van der Waals surface area contributed by atoms with E-state index in [4.69, 9.17) is 4.74 Å². The third-order valence-corrected chi connectivity index (χ3v) is 7.00. The maximum atomic E-state index is 13.4. The quantitative estimate of drug-likeness (QED) is 0.248. The fraction of sp³-hybridized carbons (Fsp3) is 0.323. The zero-order chi connectivity index (χ0) is 26.6. The molecule has 1 N–H and O–H groups in total. The number of aliphatic hydroxyl groups excluding tert-OH is 1. The number of hydrogen-bond donors (Lipinski definition) is 1. The minimum absolute atomic E-state index is 0.0407. The predicted molar refractivity (Wildman–Crippen MR) is 148 cm³/mol. The highest BCUT2D eigenvalue weighted by atomic mass is 16.5. The number of benzene rings is 2. The molecule has 1 unspecified atom stereocenters. The van der Waals surface area contributed by atoms with Crippen LogP contribution in [0.4, 0.5) is 11.4 Å². The molecule has 2 saturated heterocycles. The first-order chi connectivity index (χ1) is 18.4. The lowest BCUT2D eigenvalue weighted by atomic mass is 9.96. The summed E-state index contributed by atoms with van der Waals surface area (Å²) in [6, 6.07) is 17.4. The first-order valence-corrected chi connectivity index (χ1v) is 13.2. The highest BCUT2D eigenvalue weighted by Gasteiger charge is 2.47. The Hall–Kier alpha value is -4.13. The van der Waals surface area contributed by atoms with Gasteiger partial charge in [-0.3, -0.25) is 19.5 Å². The van der Waals surface area contributed by atoms with E-state index in [1.807, 2.05) is 30.3 Å². The molecule has 0 aliphatic carbocycles. The standard InChI is InChI=1S/C31H33N3O4/c1-21(2)20-38-26-14-8-22(9-15-26)29(35)27-28(23-7-6-16-32-19-23)34(31(37)30(27)36)25-12-10-24(11-13-25)33-17-4-3-5-18-33/h6-16,19,21,28,35H,3-5,17-18,20H2,1-2H3/b29-27+. The summed E-state index contributed by atoms with van der Waals surface area (Å²) in [5, 5.41) is 11.3. The molecule has 1 aromatic heterocycles. The molecule has 0 saturated carbocycles. The van der Waals surface area contributed by atoms with Crippen LogP contribution >= 0.6 is 0 Å². The van der Waals surface area contributed by atoms with Gasteiger partial charge < -0.3 is 14.7 Å². The molecule has 38 heavy (non-hydrogen) atoms. The summed E-state index contributed by atoms with van der Waals surface area (Å²) < 4.78 is 5.75. The van der Waals surface area contributed by atoms with E-state index in [1.165, 1.54) is 24.2 Å². The fourth-order valence-electron chi connectivity index (χ4n) is 5.06. The number of aliphatic hydroxyl groups is 1. The van der Waals surface area contributed by atoms with Crippen molar-refractivity contribution in [2.75, 3.05) is 29.5 Å². The summed E-state index contributed by atoms with van der Waals surface area (Å²) in [6.45, 7) is 6.74. The normalized spacial score (nSPS) is 19.3. The highest BCUT2D eigenvalue weighted by molar-refractivity contribution is 6.51. The molecule has 0 spiro atoms. The van der Waals surface area contributed by atoms with Crippen LogP contribution in [-0.4, -0.2) is 41.5 Å². The number of hydrogen-bond acceptors (Lipinski definition) is 6. The van der Waals surface area contributed by atoms with Crippen LogP contribution in [0.15, 0.2) is 78.6 Å². The number of aromatic nitrogens is 1. The zero-order valence-corrected chi connectivity index (χ0v) is 21.8. The number of ether oxygens (including phenoxy) is 1. The van der Waals surface area contributed by atoms with Crippen LogP contribution in [0.25, 0.3) is 5.76 Å². The Morgan fingerprint density at radius 2 is 1.66 bits per heavy atom. The average molecular weight is 512 g/mol. The molecule has 7 nitrogen and oxygen atoms in total. The van der Waals surface area contributed by atoms with E-state index in [2.05, 4.69) is 23.7 Å². The van der Waals surface area contributed by atoms with Gasteiger partial charge in [-0.25, -0.2) is 0 Å². The van der Waals surface area contributed by atoms with Gasteiger partial charge in [-0.2, -0.15) is 0 Å². The van der Waals surface area contributed by atoms with Crippen molar-refractivity contribution in [3.05, 3.63) is 89.8 Å². The van der Waals surface area contributed by atoms with Crippen molar-refractivity contribution in [2.45, 2.75) is 39.2 Å². The molecule has 2 aliphatic heterocycles. The SMILES string of the molecule is CC(C)COc1ccc(/C(O)=C2\C(=O)C(=O)N(c3ccc(N4CCCCC4)cc3)C2c2cccnc2)cc1.